The van der Waals surface area contributed by atoms with Gasteiger partial charge in [-0.25, -0.2) is 4.39 Å². The predicted molar refractivity (Wildman–Crippen MR) is 75.1 cm³/mol. The summed E-state index contributed by atoms with van der Waals surface area (Å²) < 4.78 is 13.2. The van der Waals surface area contributed by atoms with Crippen LogP contribution >= 0.6 is 0 Å². The van der Waals surface area contributed by atoms with Gasteiger partial charge >= 0.3 is 0 Å². The molecule has 2 N–H and O–H groups in total. The van der Waals surface area contributed by atoms with Crippen LogP contribution < -0.4 is 5.32 Å². The number of ketones is 1. The highest BCUT2D eigenvalue weighted by molar-refractivity contribution is 6.44. The fraction of sp³-hybridized carbons (Fsp3) is 0.333. The van der Waals surface area contributed by atoms with Crippen molar-refractivity contribution in [3.8, 4) is 0 Å². The van der Waals surface area contributed by atoms with Gasteiger partial charge < -0.3 is 10.3 Å². The summed E-state index contributed by atoms with van der Waals surface area (Å²) in [5.74, 6) is -1.29. The summed E-state index contributed by atoms with van der Waals surface area (Å²) in [6, 6.07) is 4.09. The minimum absolute atomic E-state index is 0.196. The Hall–Kier alpha value is -2.17. The van der Waals surface area contributed by atoms with Crippen molar-refractivity contribution < 1.29 is 14.0 Å². The smallest absolute Gasteiger partial charge is 0.292 e. The number of hydrogen-bond donors (Lipinski definition) is 2. The van der Waals surface area contributed by atoms with Gasteiger partial charge in [0.05, 0.1) is 5.56 Å². The minimum Gasteiger partial charge on any atom is -0.360 e. The molecule has 4 nitrogen and oxygen atoms in total. The summed E-state index contributed by atoms with van der Waals surface area (Å²) in [7, 11) is 0. The number of hydrogen-bond acceptors (Lipinski definition) is 2. The van der Waals surface area contributed by atoms with Crippen molar-refractivity contribution in [2.24, 2.45) is 5.92 Å². The summed E-state index contributed by atoms with van der Waals surface area (Å²) in [4.78, 5) is 26.7. The largest absolute Gasteiger partial charge is 0.360 e. The zero-order valence-corrected chi connectivity index (χ0v) is 11.5. The molecule has 106 valence electrons. The van der Waals surface area contributed by atoms with Crippen LogP contribution in [0.1, 0.15) is 30.6 Å². The van der Waals surface area contributed by atoms with Crippen LogP contribution in [-0.4, -0.2) is 23.2 Å². The highest BCUT2D eigenvalue weighted by Gasteiger charge is 2.19. The summed E-state index contributed by atoms with van der Waals surface area (Å²) in [6.45, 7) is 4.53. The van der Waals surface area contributed by atoms with E-state index >= 15 is 0 Å². The van der Waals surface area contributed by atoms with E-state index < -0.39 is 17.5 Å². The molecule has 0 aliphatic heterocycles. The molecule has 0 radical (unpaired) electrons. The Labute approximate surface area is 116 Å². The molecule has 0 atom stereocenters. The lowest BCUT2D eigenvalue weighted by atomic mass is 10.1. The molecule has 0 saturated carbocycles. The number of H-pyrrole nitrogens is 1. The number of carbonyl (C=O) groups is 2. The van der Waals surface area contributed by atoms with Crippen LogP contribution in [0.4, 0.5) is 4.39 Å². The molecule has 1 aromatic heterocycles. The monoisotopic (exact) mass is 276 g/mol. The Morgan fingerprint density at radius 1 is 1.35 bits per heavy atom. The first kappa shape index (κ1) is 14.2. The van der Waals surface area contributed by atoms with Gasteiger partial charge in [-0.15, -0.1) is 0 Å². The Bertz CT molecular complexity index is 646. The summed E-state index contributed by atoms with van der Waals surface area (Å²) in [5.41, 5.74) is 0.825. The lowest BCUT2D eigenvalue weighted by molar-refractivity contribution is -0.117. The number of benzene rings is 1. The van der Waals surface area contributed by atoms with Gasteiger partial charge in [0.1, 0.15) is 5.82 Å². The minimum atomic E-state index is -0.657. The van der Waals surface area contributed by atoms with Crippen molar-refractivity contribution in [1.29, 1.82) is 0 Å². The average Bonchev–Trinajstić information content (AvgIpc) is 2.80. The van der Waals surface area contributed by atoms with Crippen LogP contribution in [0.15, 0.2) is 24.4 Å². The van der Waals surface area contributed by atoms with Gasteiger partial charge in [-0.05, 0) is 30.5 Å². The molecule has 0 spiro atoms. The number of fused-ring (bicyclic) bond motifs is 1. The number of aromatic amines is 1. The van der Waals surface area contributed by atoms with Gasteiger partial charge in [0.15, 0.2) is 0 Å². The topological polar surface area (TPSA) is 62.0 Å². The lowest BCUT2D eigenvalue weighted by Gasteiger charge is -2.06. The maximum absolute atomic E-state index is 13.2. The average molecular weight is 276 g/mol. The molecular formula is C15H17FN2O2. The van der Waals surface area contributed by atoms with Crippen molar-refractivity contribution in [2.45, 2.75) is 20.3 Å². The van der Waals surface area contributed by atoms with Gasteiger partial charge in [0, 0.05) is 23.6 Å². The van der Waals surface area contributed by atoms with Gasteiger partial charge in [0.25, 0.3) is 11.7 Å². The molecule has 0 fully saturated rings. The Morgan fingerprint density at radius 2 is 2.10 bits per heavy atom. The number of rotatable bonds is 5. The first-order valence-corrected chi connectivity index (χ1v) is 6.58. The van der Waals surface area contributed by atoms with Crippen molar-refractivity contribution in [3.63, 3.8) is 0 Å². The third kappa shape index (κ3) is 3.04. The number of nitrogens with one attached hydrogen (secondary N) is 2. The molecule has 0 bridgehead atoms. The first-order chi connectivity index (χ1) is 9.49. The molecule has 2 aromatic rings. The second kappa shape index (κ2) is 5.86. The molecule has 5 heteroatoms. The molecule has 0 aliphatic rings. The van der Waals surface area contributed by atoms with Crippen LogP contribution in [0, 0.1) is 11.7 Å². The lowest BCUT2D eigenvalue weighted by Crippen LogP contribution is -2.32. The van der Waals surface area contributed by atoms with Crippen molar-refractivity contribution in [3.05, 3.63) is 35.8 Å². The van der Waals surface area contributed by atoms with Crippen molar-refractivity contribution >= 4 is 22.6 Å². The van der Waals surface area contributed by atoms with Crippen molar-refractivity contribution in [1.82, 2.24) is 10.3 Å². The first-order valence-electron chi connectivity index (χ1n) is 6.58. The van der Waals surface area contributed by atoms with E-state index in [1.165, 1.54) is 24.4 Å². The molecule has 0 aliphatic carbocycles. The molecule has 1 heterocycles. The van der Waals surface area contributed by atoms with E-state index in [2.05, 4.69) is 10.3 Å². The summed E-state index contributed by atoms with van der Waals surface area (Å²) >= 11 is 0. The van der Waals surface area contributed by atoms with E-state index in [0.29, 0.717) is 23.4 Å². The van der Waals surface area contributed by atoms with E-state index in [-0.39, 0.29) is 5.56 Å². The molecule has 0 saturated heterocycles. The standard InChI is InChI=1S/C15H17FN2O2/c1-9(2)5-6-17-15(20)14(19)12-8-18-13-4-3-10(16)7-11(12)13/h3-4,7-9,18H,5-6H2,1-2H3,(H,17,20). The van der Waals surface area contributed by atoms with E-state index in [0.717, 1.165) is 6.42 Å². The van der Waals surface area contributed by atoms with Gasteiger partial charge in [0.2, 0.25) is 0 Å². The highest BCUT2D eigenvalue weighted by Crippen LogP contribution is 2.19. The maximum Gasteiger partial charge on any atom is 0.292 e. The van der Waals surface area contributed by atoms with Crippen LogP contribution in [0.2, 0.25) is 0 Å². The fourth-order valence-electron chi connectivity index (χ4n) is 1.96. The second-order valence-electron chi connectivity index (χ2n) is 5.16. The SMILES string of the molecule is CC(C)CCNC(=O)C(=O)c1c[nH]c2ccc(F)cc12. The highest BCUT2D eigenvalue weighted by atomic mass is 19.1. The zero-order chi connectivity index (χ0) is 14.7. The van der Waals surface area contributed by atoms with Gasteiger partial charge in [-0.2, -0.15) is 0 Å². The number of Topliss-reactive ketones (excluding diaryl/α,β-unsaturated/α-hetero) is 1. The summed E-state index contributed by atoms with van der Waals surface area (Å²) in [5, 5.41) is 3.01. The van der Waals surface area contributed by atoms with Crippen molar-refractivity contribution in [2.75, 3.05) is 6.54 Å². The molecular weight excluding hydrogens is 259 g/mol. The van der Waals surface area contributed by atoms with Crippen LogP contribution in [-0.2, 0) is 4.79 Å². The van der Waals surface area contributed by atoms with E-state index in [4.69, 9.17) is 0 Å². The van der Waals surface area contributed by atoms with E-state index in [1.54, 1.807) is 0 Å². The van der Waals surface area contributed by atoms with Crippen LogP contribution in [0.3, 0.4) is 0 Å². The maximum atomic E-state index is 13.2. The molecule has 20 heavy (non-hydrogen) atoms. The van der Waals surface area contributed by atoms with Gasteiger partial charge in [-0.3, -0.25) is 9.59 Å². The molecule has 2 rings (SSSR count). The number of halogens is 1. The fourth-order valence-corrected chi connectivity index (χ4v) is 1.96. The predicted octanol–water partition coefficient (Wildman–Crippen LogP) is 2.65. The molecule has 0 unspecified atom stereocenters. The quantitative estimate of drug-likeness (QED) is 0.651. The number of aromatic nitrogens is 1. The third-order valence-corrected chi connectivity index (χ3v) is 3.10. The van der Waals surface area contributed by atoms with E-state index in [9.17, 15) is 14.0 Å². The van der Waals surface area contributed by atoms with Crippen LogP contribution in [0.25, 0.3) is 10.9 Å². The Balaban J connectivity index is 2.14. The zero-order valence-electron chi connectivity index (χ0n) is 11.5. The number of carbonyl (C=O) groups excluding carboxylic acids is 2. The Morgan fingerprint density at radius 3 is 2.80 bits per heavy atom. The third-order valence-electron chi connectivity index (χ3n) is 3.10. The second-order valence-corrected chi connectivity index (χ2v) is 5.16. The van der Waals surface area contributed by atoms with E-state index in [1.807, 2.05) is 13.8 Å². The Kier molecular flexibility index (Phi) is 4.17. The number of amides is 1. The molecule has 1 aromatic carbocycles. The van der Waals surface area contributed by atoms with Gasteiger partial charge in [-0.1, -0.05) is 13.8 Å². The summed E-state index contributed by atoms with van der Waals surface area (Å²) in [6.07, 6.45) is 2.25. The molecule has 1 amide bonds. The van der Waals surface area contributed by atoms with Crippen LogP contribution in [0.5, 0.6) is 0 Å². The normalized spacial score (nSPS) is 11.0.